The molecule has 1 saturated carbocycles. The SMILES string of the molecule is C=C(C)CSc1nnc(OCC)n1C1=C(C(=O)Nc2cccc(C)c2)C2(CCCCC2)Cc2ccccc21. The summed E-state index contributed by atoms with van der Waals surface area (Å²) in [5, 5.41) is 12.9. The highest BCUT2D eigenvalue weighted by molar-refractivity contribution is 7.99. The second kappa shape index (κ2) is 11.2. The maximum absolute atomic E-state index is 14.4. The molecule has 0 radical (unpaired) electrons. The molecule has 6 nitrogen and oxygen atoms in total. The number of ether oxygens (including phenoxy) is 1. The van der Waals surface area contributed by atoms with E-state index in [1.807, 2.05) is 55.7 Å². The Labute approximate surface area is 229 Å². The average Bonchev–Trinajstić information content (AvgIpc) is 3.29. The van der Waals surface area contributed by atoms with Gasteiger partial charge in [-0.15, -0.1) is 5.10 Å². The van der Waals surface area contributed by atoms with Gasteiger partial charge >= 0.3 is 6.01 Å². The van der Waals surface area contributed by atoms with Gasteiger partial charge in [-0.05, 0) is 63.3 Å². The summed E-state index contributed by atoms with van der Waals surface area (Å²) in [6.07, 6.45) is 6.21. The highest BCUT2D eigenvalue weighted by atomic mass is 32.2. The van der Waals surface area contributed by atoms with E-state index >= 15 is 0 Å². The minimum Gasteiger partial charge on any atom is -0.464 e. The number of nitrogens with zero attached hydrogens (tertiary/aromatic N) is 3. The molecule has 198 valence electrons. The molecule has 0 atom stereocenters. The molecule has 1 spiro atoms. The molecular weight excluding hydrogens is 492 g/mol. The van der Waals surface area contributed by atoms with Crippen LogP contribution in [-0.2, 0) is 11.2 Å². The van der Waals surface area contributed by atoms with Crippen molar-refractivity contribution >= 4 is 29.1 Å². The van der Waals surface area contributed by atoms with Crippen molar-refractivity contribution in [2.45, 2.75) is 64.5 Å². The number of carbonyl (C=O) groups is 1. The zero-order chi connectivity index (χ0) is 26.7. The van der Waals surface area contributed by atoms with Crippen LogP contribution in [0.25, 0.3) is 5.70 Å². The van der Waals surface area contributed by atoms with E-state index in [-0.39, 0.29) is 11.3 Å². The van der Waals surface area contributed by atoms with Gasteiger partial charge in [0.05, 0.1) is 12.3 Å². The lowest BCUT2D eigenvalue weighted by atomic mass is 9.61. The van der Waals surface area contributed by atoms with Gasteiger partial charge < -0.3 is 10.1 Å². The first-order chi connectivity index (χ1) is 18.4. The maximum Gasteiger partial charge on any atom is 0.322 e. The van der Waals surface area contributed by atoms with Gasteiger partial charge in [0.1, 0.15) is 0 Å². The largest absolute Gasteiger partial charge is 0.464 e. The zero-order valence-electron chi connectivity index (χ0n) is 22.5. The van der Waals surface area contributed by atoms with Gasteiger partial charge in [0.25, 0.3) is 5.91 Å². The van der Waals surface area contributed by atoms with E-state index in [0.717, 1.165) is 65.8 Å². The highest BCUT2D eigenvalue weighted by Crippen LogP contribution is 2.53. The van der Waals surface area contributed by atoms with Gasteiger partial charge in [-0.1, -0.05) is 84.7 Å². The van der Waals surface area contributed by atoms with E-state index in [4.69, 9.17) is 4.74 Å². The second-order valence-corrected chi connectivity index (χ2v) is 11.4. The minimum atomic E-state index is -0.264. The lowest BCUT2D eigenvalue weighted by molar-refractivity contribution is -0.114. The molecule has 1 amide bonds. The van der Waals surface area contributed by atoms with Crippen LogP contribution in [0.3, 0.4) is 0 Å². The molecule has 1 heterocycles. The Balaban J connectivity index is 1.77. The second-order valence-electron chi connectivity index (χ2n) is 10.5. The Hall–Kier alpha value is -3.32. The molecule has 5 rings (SSSR count). The third-order valence-electron chi connectivity index (χ3n) is 7.43. The Morgan fingerprint density at radius 1 is 1.13 bits per heavy atom. The number of carbonyl (C=O) groups excluding carboxylic acids is 1. The van der Waals surface area contributed by atoms with Gasteiger partial charge in [-0.25, -0.2) is 4.57 Å². The van der Waals surface area contributed by atoms with Crippen LogP contribution in [0.15, 0.2) is 71.4 Å². The van der Waals surface area contributed by atoms with Crippen LogP contribution in [0.2, 0.25) is 0 Å². The van der Waals surface area contributed by atoms with Crippen molar-refractivity contribution in [1.82, 2.24) is 14.8 Å². The number of hydrogen-bond acceptors (Lipinski definition) is 5. The molecule has 2 aliphatic carbocycles. The summed E-state index contributed by atoms with van der Waals surface area (Å²) in [5.41, 5.74) is 6.64. The average molecular weight is 529 g/mol. The summed E-state index contributed by atoms with van der Waals surface area (Å²) in [4.78, 5) is 14.4. The number of fused-ring (bicyclic) bond motifs is 1. The van der Waals surface area contributed by atoms with Crippen LogP contribution in [0.5, 0.6) is 6.01 Å². The van der Waals surface area contributed by atoms with Crippen LogP contribution in [-0.4, -0.2) is 33.0 Å². The van der Waals surface area contributed by atoms with E-state index in [1.165, 1.54) is 12.0 Å². The fraction of sp³-hybridized carbons (Fsp3) is 0.387. The number of aryl methyl sites for hydroxylation is 1. The molecule has 2 aromatic carbocycles. The van der Waals surface area contributed by atoms with Crippen LogP contribution < -0.4 is 10.1 Å². The first-order valence-electron chi connectivity index (χ1n) is 13.5. The van der Waals surface area contributed by atoms with Gasteiger partial charge in [-0.3, -0.25) is 4.79 Å². The number of rotatable bonds is 8. The van der Waals surface area contributed by atoms with Crippen LogP contribution in [0, 0.1) is 12.3 Å². The number of thioether (sulfide) groups is 1. The summed E-state index contributed by atoms with van der Waals surface area (Å²) in [5.74, 6) is 0.642. The van der Waals surface area contributed by atoms with Crippen molar-refractivity contribution in [2.75, 3.05) is 17.7 Å². The molecule has 0 unspecified atom stereocenters. The predicted molar refractivity (Wildman–Crippen MR) is 155 cm³/mol. The number of anilines is 1. The van der Waals surface area contributed by atoms with E-state index < -0.39 is 0 Å². The van der Waals surface area contributed by atoms with Crippen LogP contribution >= 0.6 is 11.8 Å². The quantitative estimate of drug-likeness (QED) is 0.250. The van der Waals surface area contributed by atoms with E-state index in [9.17, 15) is 4.79 Å². The molecule has 3 aromatic rings. The predicted octanol–water partition coefficient (Wildman–Crippen LogP) is 7.06. The highest BCUT2D eigenvalue weighted by Gasteiger charge is 2.46. The van der Waals surface area contributed by atoms with Crippen molar-refractivity contribution in [3.8, 4) is 6.01 Å². The van der Waals surface area contributed by atoms with Crippen molar-refractivity contribution in [3.05, 3.63) is 82.9 Å². The Morgan fingerprint density at radius 2 is 1.92 bits per heavy atom. The molecule has 0 bridgehead atoms. The summed E-state index contributed by atoms with van der Waals surface area (Å²) >= 11 is 1.57. The summed E-state index contributed by atoms with van der Waals surface area (Å²) in [6.45, 7) is 10.5. The van der Waals surface area contributed by atoms with Crippen molar-refractivity contribution in [3.63, 3.8) is 0 Å². The molecule has 1 aromatic heterocycles. The number of amides is 1. The van der Waals surface area contributed by atoms with Gasteiger partial charge in [0.15, 0.2) is 5.16 Å². The summed E-state index contributed by atoms with van der Waals surface area (Å²) in [6, 6.07) is 16.8. The lowest BCUT2D eigenvalue weighted by Crippen LogP contribution is -2.39. The van der Waals surface area contributed by atoms with Crippen molar-refractivity contribution in [1.29, 1.82) is 0 Å². The maximum atomic E-state index is 14.4. The minimum absolute atomic E-state index is 0.0611. The first-order valence-corrected chi connectivity index (χ1v) is 14.5. The van der Waals surface area contributed by atoms with Gasteiger partial charge in [-0.2, -0.15) is 0 Å². The first kappa shape index (κ1) is 26.3. The molecule has 2 aliphatic rings. The van der Waals surface area contributed by atoms with E-state index in [2.05, 4.69) is 40.3 Å². The molecular formula is C31H36N4O2S. The van der Waals surface area contributed by atoms with E-state index in [1.54, 1.807) is 11.8 Å². The number of aromatic nitrogens is 3. The summed E-state index contributed by atoms with van der Waals surface area (Å²) < 4.78 is 8.00. The third kappa shape index (κ3) is 5.17. The number of benzene rings is 2. The normalized spacial score (nSPS) is 16.3. The third-order valence-corrected chi connectivity index (χ3v) is 8.59. The Bertz CT molecular complexity index is 1380. The molecule has 1 fully saturated rings. The topological polar surface area (TPSA) is 69.0 Å². The van der Waals surface area contributed by atoms with Gasteiger partial charge in [0, 0.05) is 28.0 Å². The number of hydrogen-bond donors (Lipinski definition) is 1. The molecule has 0 aliphatic heterocycles. The number of nitrogens with one attached hydrogen (secondary N) is 1. The van der Waals surface area contributed by atoms with Gasteiger partial charge in [0.2, 0.25) is 0 Å². The molecule has 7 heteroatoms. The zero-order valence-corrected chi connectivity index (χ0v) is 23.4. The monoisotopic (exact) mass is 528 g/mol. The fourth-order valence-electron chi connectivity index (χ4n) is 5.85. The fourth-order valence-corrected chi connectivity index (χ4v) is 6.62. The summed E-state index contributed by atoms with van der Waals surface area (Å²) in [7, 11) is 0. The Morgan fingerprint density at radius 3 is 2.66 bits per heavy atom. The lowest BCUT2D eigenvalue weighted by Gasteiger charge is -2.44. The Kier molecular flexibility index (Phi) is 7.75. The van der Waals surface area contributed by atoms with Crippen molar-refractivity contribution < 1.29 is 9.53 Å². The molecule has 38 heavy (non-hydrogen) atoms. The van der Waals surface area contributed by atoms with Crippen LogP contribution in [0.1, 0.15) is 62.6 Å². The molecule has 0 saturated heterocycles. The smallest absolute Gasteiger partial charge is 0.322 e. The molecule has 1 N–H and O–H groups in total. The van der Waals surface area contributed by atoms with Crippen LogP contribution in [0.4, 0.5) is 5.69 Å². The standard InChI is InChI=1S/C31H36N4O2S/c1-5-37-29-33-34-30(38-20-21(2)3)35(29)27-25-15-8-7-13-23(25)19-31(16-9-6-10-17-31)26(27)28(36)32-24-14-11-12-22(4)18-24/h7-8,11-15,18H,2,5-6,9-10,16-17,19-20H2,1,3-4H3,(H,32,36). The van der Waals surface area contributed by atoms with Crippen molar-refractivity contribution in [2.24, 2.45) is 5.41 Å². The van der Waals surface area contributed by atoms with E-state index in [0.29, 0.717) is 23.5 Å².